The summed E-state index contributed by atoms with van der Waals surface area (Å²) in [5.74, 6) is 0.0170. The number of ether oxygens (including phenoxy) is 1. The Balaban J connectivity index is 2.69. The number of hydrogen-bond donors (Lipinski definition) is 1. The molecule has 0 bridgehead atoms. The highest BCUT2D eigenvalue weighted by atomic mass is 127. The second-order valence-corrected chi connectivity index (χ2v) is 6.89. The molecule has 0 aliphatic carbocycles. The third kappa shape index (κ3) is 5.41. The molecule has 1 N–H and O–H groups in total. The fourth-order valence-corrected chi connectivity index (χ4v) is 3.26. The highest BCUT2D eigenvalue weighted by Crippen LogP contribution is 2.24. The number of anilines is 1. The van der Waals surface area contributed by atoms with Crippen molar-refractivity contribution in [2.75, 3.05) is 24.2 Å². The number of sulfonamides is 1. The fraction of sp³-hybridized carbons (Fsp3) is 0.400. The van der Waals surface area contributed by atoms with Gasteiger partial charge in [0.15, 0.2) is 0 Å². The number of benzene rings is 1. The van der Waals surface area contributed by atoms with Crippen molar-refractivity contribution >= 4 is 49.9 Å². The summed E-state index contributed by atoms with van der Waals surface area (Å²) in [7, 11) is -1.82. The minimum absolute atomic E-state index is 0.0170. The van der Waals surface area contributed by atoms with E-state index in [0.717, 1.165) is 3.57 Å². The number of methoxy groups -OCH3 is 1. The lowest BCUT2D eigenvalue weighted by Crippen LogP contribution is -2.18. The molecular formula is C10H13ClINO3S. The highest BCUT2D eigenvalue weighted by Gasteiger charge is 2.12. The third-order valence-electron chi connectivity index (χ3n) is 1.96. The number of rotatable bonds is 6. The van der Waals surface area contributed by atoms with Gasteiger partial charge in [0.25, 0.3) is 0 Å². The Morgan fingerprint density at radius 1 is 1.47 bits per heavy atom. The average Bonchev–Trinajstić information content (AvgIpc) is 2.22. The maximum atomic E-state index is 11.7. The molecule has 7 heteroatoms. The van der Waals surface area contributed by atoms with Crippen LogP contribution in [0.2, 0.25) is 5.02 Å². The number of halogens is 2. The first-order chi connectivity index (χ1) is 7.94. The van der Waals surface area contributed by atoms with Crippen molar-refractivity contribution in [3.05, 3.63) is 26.8 Å². The van der Waals surface area contributed by atoms with E-state index in [1.807, 2.05) is 0 Å². The van der Waals surface area contributed by atoms with E-state index >= 15 is 0 Å². The van der Waals surface area contributed by atoms with Gasteiger partial charge in [0.2, 0.25) is 10.0 Å². The molecule has 0 amide bonds. The van der Waals surface area contributed by atoms with Crippen LogP contribution in [0.15, 0.2) is 18.2 Å². The maximum absolute atomic E-state index is 11.7. The van der Waals surface area contributed by atoms with E-state index in [4.69, 9.17) is 16.3 Å². The molecule has 0 radical (unpaired) electrons. The SMILES string of the molecule is COCCCS(=O)(=O)Nc1ccc(I)cc1Cl. The quantitative estimate of drug-likeness (QED) is 0.601. The Labute approximate surface area is 120 Å². The van der Waals surface area contributed by atoms with Crippen molar-refractivity contribution in [2.45, 2.75) is 6.42 Å². The monoisotopic (exact) mass is 389 g/mol. The minimum atomic E-state index is -3.36. The molecule has 96 valence electrons. The summed E-state index contributed by atoms with van der Waals surface area (Å²) in [5.41, 5.74) is 0.407. The molecule has 0 atom stereocenters. The van der Waals surface area contributed by atoms with E-state index in [9.17, 15) is 8.42 Å². The summed E-state index contributed by atoms with van der Waals surface area (Å²) in [6.45, 7) is 0.418. The molecule has 0 saturated heterocycles. The summed E-state index contributed by atoms with van der Waals surface area (Å²) >= 11 is 8.05. The Bertz CT molecular complexity index is 478. The molecule has 0 aromatic heterocycles. The van der Waals surface area contributed by atoms with Crippen molar-refractivity contribution in [2.24, 2.45) is 0 Å². The van der Waals surface area contributed by atoms with Crippen LogP contribution in [0.4, 0.5) is 5.69 Å². The zero-order valence-corrected chi connectivity index (χ0v) is 13.0. The largest absolute Gasteiger partial charge is 0.385 e. The lowest BCUT2D eigenvalue weighted by atomic mass is 10.3. The molecule has 17 heavy (non-hydrogen) atoms. The predicted molar refractivity (Wildman–Crippen MR) is 78.1 cm³/mol. The molecule has 1 rings (SSSR count). The molecule has 0 unspecified atom stereocenters. The van der Waals surface area contributed by atoms with E-state index < -0.39 is 10.0 Å². The third-order valence-corrected chi connectivity index (χ3v) is 4.30. The standard InChI is InChI=1S/C10H13ClINO3S/c1-16-5-2-6-17(14,15)13-10-4-3-8(12)7-9(10)11/h3-4,7,13H,2,5-6H2,1H3. The minimum Gasteiger partial charge on any atom is -0.385 e. The molecule has 0 saturated carbocycles. The van der Waals surface area contributed by atoms with Crippen LogP contribution in [-0.4, -0.2) is 27.9 Å². The molecule has 0 spiro atoms. The molecule has 0 fully saturated rings. The van der Waals surface area contributed by atoms with Crippen LogP contribution >= 0.6 is 34.2 Å². The lowest BCUT2D eigenvalue weighted by Gasteiger charge is -2.09. The molecule has 1 aromatic rings. The first kappa shape index (κ1) is 15.0. The van der Waals surface area contributed by atoms with Gasteiger partial charge in [-0.3, -0.25) is 4.72 Å². The molecule has 1 aromatic carbocycles. The fourth-order valence-electron chi connectivity index (χ4n) is 1.18. The maximum Gasteiger partial charge on any atom is 0.232 e. The Morgan fingerprint density at radius 3 is 2.76 bits per heavy atom. The molecular weight excluding hydrogens is 377 g/mol. The van der Waals surface area contributed by atoms with Gasteiger partial charge in [-0.15, -0.1) is 0 Å². The average molecular weight is 390 g/mol. The zero-order valence-electron chi connectivity index (χ0n) is 9.24. The van der Waals surface area contributed by atoms with E-state index in [0.29, 0.717) is 23.7 Å². The number of nitrogens with one attached hydrogen (secondary N) is 1. The predicted octanol–water partition coefficient (Wildman–Crippen LogP) is 2.72. The van der Waals surface area contributed by atoms with Gasteiger partial charge in [0.1, 0.15) is 0 Å². The summed E-state index contributed by atoms with van der Waals surface area (Å²) in [5, 5.41) is 0.396. The second-order valence-electron chi connectivity index (χ2n) is 3.39. The summed E-state index contributed by atoms with van der Waals surface area (Å²) in [4.78, 5) is 0. The Kier molecular flexibility index (Phi) is 5.98. The van der Waals surface area contributed by atoms with Crippen molar-refractivity contribution in [3.63, 3.8) is 0 Å². The Morgan fingerprint density at radius 2 is 2.18 bits per heavy atom. The van der Waals surface area contributed by atoms with Crippen molar-refractivity contribution in [1.82, 2.24) is 0 Å². The van der Waals surface area contributed by atoms with E-state index in [2.05, 4.69) is 27.3 Å². The first-order valence-corrected chi connectivity index (χ1v) is 8.00. The van der Waals surface area contributed by atoms with Gasteiger partial charge in [-0.25, -0.2) is 8.42 Å². The van der Waals surface area contributed by atoms with Crippen LogP contribution in [0.25, 0.3) is 0 Å². The van der Waals surface area contributed by atoms with Crippen LogP contribution in [0.1, 0.15) is 6.42 Å². The second kappa shape index (κ2) is 6.77. The number of hydrogen-bond acceptors (Lipinski definition) is 3. The van der Waals surface area contributed by atoms with E-state index in [1.54, 1.807) is 18.2 Å². The van der Waals surface area contributed by atoms with E-state index in [-0.39, 0.29) is 5.75 Å². The smallest absolute Gasteiger partial charge is 0.232 e. The topological polar surface area (TPSA) is 55.4 Å². The van der Waals surface area contributed by atoms with Crippen molar-refractivity contribution in [1.29, 1.82) is 0 Å². The summed E-state index contributed by atoms with van der Waals surface area (Å²) in [6, 6.07) is 5.15. The van der Waals surface area contributed by atoms with Gasteiger partial charge in [0.05, 0.1) is 16.5 Å². The van der Waals surface area contributed by atoms with Gasteiger partial charge in [-0.2, -0.15) is 0 Å². The van der Waals surface area contributed by atoms with Crippen LogP contribution in [0.5, 0.6) is 0 Å². The highest BCUT2D eigenvalue weighted by molar-refractivity contribution is 14.1. The zero-order chi connectivity index (χ0) is 12.9. The van der Waals surface area contributed by atoms with Gasteiger partial charge in [-0.1, -0.05) is 11.6 Å². The molecule has 4 nitrogen and oxygen atoms in total. The first-order valence-electron chi connectivity index (χ1n) is 4.89. The van der Waals surface area contributed by atoms with Crippen molar-refractivity contribution < 1.29 is 13.2 Å². The summed E-state index contributed by atoms with van der Waals surface area (Å²) < 4.78 is 31.6. The van der Waals surface area contributed by atoms with Crippen LogP contribution in [0.3, 0.4) is 0 Å². The van der Waals surface area contributed by atoms with Crippen LogP contribution in [0, 0.1) is 3.57 Å². The van der Waals surface area contributed by atoms with Crippen LogP contribution < -0.4 is 4.72 Å². The van der Waals surface area contributed by atoms with Crippen LogP contribution in [-0.2, 0) is 14.8 Å². The van der Waals surface area contributed by atoms with Gasteiger partial charge < -0.3 is 4.74 Å². The van der Waals surface area contributed by atoms with Gasteiger partial charge >= 0.3 is 0 Å². The van der Waals surface area contributed by atoms with Gasteiger partial charge in [0, 0.05) is 17.3 Å². The van der Waals surface area contributed by atoms with E-state index in [1.165, 1.54) is 7.11 Å². The Hall–Kier alpha value is -0.0500. The summed E-state index contributed by atoms with van der Waals surface area (Å²) in [6.07, 6.45) is 0.452. The van der Waals surface area contributed by atoms with Crippen molar-refractivity contribution in [3.8, 4) is 0 Å². The lowest BCUT2D eigenvalue weighted by molar-refractivity contribution is 0.199. The molecule has 0 heterocycles. The molecule has 0 aliphatic rings. The molecule has 0 aliphatic heterocycles. The normalized spacial score (nSPS) is 11.5. The van der Waals surface area contributed by atoms with Gasteiger partial charge in [-0.05, 0) is 47.2 Å².